The van der Waals surface area contributed by atoms with Crippen LogP contribution in [-0.2, 0) is 0 Å². The highest BCUT2D eigenvalue weighted by atomic mass is 15.2. The van der Waals surface area contributed by atoms with Crippen molar-refractivity contribution in [1.82, 2.24) is 14.5 Å². The van der Waals surface area contributed by atoms with Gasteiger partial charge in [0.15, 0.2) is 0 Å². The predicted octanol–water partition coefficient (Wildman–Crippen LogP) is 11.5. The molecular weight excluding hydrogens is 585 g/mol. The van der Waals surface area contributed by atoms with E-state index in [9.17, 15) is 0 Å². The van der Waals surface area contributed by atoms with Crippen LogP contribution in [0.25, 0.3) is 71.8 Å². The smallest absolute Gasteiger partial charge is 0.138 e. The second-order valence-electron chi connectivity index (χ2n) is 12.3. The Labute approximate surface area is 277 Å². The van der Waals surface area contributed by atoms with E-state index in [0.29, 0.717) is 0 Å². The van der Waals surface area contributed by atoms with Gasteiger partial charge in [0.05, 0.1) is 22.4 Å². The van der Waals surface area contributed by atoms with Gasteiger partial charge in [-0.2, -0.15) is 0 Å². The minimum Gasteiger partial charge on any atom is -0.294 e. The molecule has 0 amide bonds. The molecule has 0 bridgehead atoms. The van der Waals surface area contributed by atoms with Gasteiger partial charge in [-0.05, 0) is 81.7 Å². The first-order chi connectivity index (χ1) is 23.8. The number of para-hydroxylation sites is 1. The summed E-state index contributed by atoms with van der Waals surface area (Å²) in [5, 5.41) is 4.84. The minimum absolute atomic E-state index is 0.880. The molecule has 0 aliphatic carbocycles. The van der Waals surface area contributed by atoms with Gasteiger partial charge in [-0.1, -0.05) is 109 Å². The van der Waals surface area contributed by atoms with Crippen molar-refractivity contribution in [1.29, 1.82) is 0 Å². The number of nitrogens with zero attached hydrogens (tertiary/aromatic N) is 4. The summed E-state index contributed by atoms with van der Waals surface area (Å²) in [7, 11) is 0. The fourth-order valence-electron chi connectivity index (χ4n) is 7.46. The third kappa shape index (κ3) is 4.03. The van der Waals surface area contributed by atoms with Crippen LogP contribution in [0.5, 0.6) is 0 Å². The summed E-state index contributed by atoms with van der Waals surface area (Å²) < 4.78 is 2.31. The first kappa shape index (κ1) is 26.7. The number of fused-ring (bicyclic) bond motifs is 5. The van der Waals surface area contributed by atoms with Crippen LogP contribution < -0.4 is 4.90 Å². The molecule has 0 atom stereocenters. The average Bonchev–Trinajstić information content (AvgIpc) is 3.48. The topological polar surface area (TPSA) is 34.0 Å². The van der Waals surface area contributed by atoms with Crippen molar-refractivity contribution in [3.8, 4) is 39.2 Å². The first-order valence-electron chi connectivity index (χ1n) is 16.2. The second-order valence-corrected chi connectivity index (χ2v) is 12.3. The zero-order valence-corrected chi connectivity index (χ0v) is 26.0. The van der Waals surface area contributed by atoms with Crippen LogP contribution in [0, 0.1) is 0 Å². The molecule has 48 heavy (non-hydrogen) atoms. The molecule has 224 valence electrons. The van der Waals surface area contributed by atoms with E-state index in [2.05, 4.69) is 167 Å². The van der Waals surface area contributed by atoms with Gasteiger partial charge in [0.2, 0.25) is 0 Å². The van der Waals surface area contributed by atoms with Crippen LogP contribution >= 0.6 is 0 Å². The molecule has 0 saturated carbocycles. The molecule has 4 heteroatoms. The van der Waals surface area contributed by atoms with E-state index in [4.69, 9.17) is 9.97 Å². The number of hydrogen-bond acceptors (Lipinski definition) is 3. The van der Waals surface area contributed by atoms with Gasteiger partial charge >= 0.3 is 0 Å². The van der Waals surface area contributed by atoms with Crippen molar-refractivity contribution < 1.29 is 0 Å². The molecule has 0 fully saturated rings. The minimum atomic E-state index is 0.880. The molecule has 1 aliphatic heterocycles. The number of anilines is 3. The number of rotatable bonds is 4. The van der Waals surface area contributed by atoms with Crippen LogP contribution in [0.2, 0.25) is 0 Å². The highest BCUT2D eigenvalue weighted by molar-refractivity contribution is 6.18. The van der Waals surface area contributed by atoms with Gasteiger partial charge in [-0.3, -0.25) is 9.47 Å². The average molecular weight is 613 g/mol. The normalized spacial score (nSPS) is 12.1. The molecule has 4 nitrogen and oxygen atoms in total. The van der Waals surface area contributed by atoms with Crippen LogP contribution in [0.3, 0.4) is 0 Å². The maximum Gasteiger partial charge on any atom is 0.138 e. The Morgan fingerprint density at radius 3 is 1.79 bits per heavy atom. The van der Waals surface area contributed by atoms with Gasteiger partial charge in [0, 0.05) is 34.1 Å². The number of aromatic nitrogens is 3. The Morgan fingerprint density at radius 2 is 1.04 bits per heavy atom. The summed E-state index contributed by atoms with van der Waals surface area (Å²) in [5.41, 5.74) is 11.5. The Morgan fingerprint density at radius 1 is 0.396 bits per heavy atom. The van der Waals surface area contributed by atoms with Gasteiger partial charge in [0.25, 0.3) is 0 Å². The summed E-state index contributed by atoms with van der Waals surface area (Å²) >= 11 is 0. The summed E-state index contributed by atoms with van der Waals surface area (Å²) in [5.74, 6) is 1.77. The quantitative estimate of drug-likeness (QED) is 0.198. The monoisotopic (exact) mass is 612 g/mol. The highest BCUT2D eigenvalue weighted by Crippen LogP contribution is 2.52. The van der Waals surface area contributed by atoms with Crippen molar-refractivity contribution in [2.45, 2.75) is 0 Å². The van der Waals surface area contributed by atoms with E-state index in [1.54, 1.807) is 0 Å². The Hall–Kier alpha value is -6.52. The van der Waals surface area contributed by atoms with Crippen molar-refractivity contribution in [3.05, 3.63) is 170 Å². The molecule has 10 rings (SSSR count). The van der Waals surface area contributed by atoms with Crippen LogP contribution in [0.4, 0.5) is 17.2 Å². The van der Waals surface area contributed by atoms with Crippen molar-refractivity contribution in [3.63, 3.8) is 0 Å². The molecule has 0 unspecified atom stereocenters. The van der Waals surface area contributed by atoms with Gasteiger partial charge in [0.1, 0.15) is 11.6 Å². The van der Waals surface area contributed by atoms with E-state index in [0.717, 1.165) is 50.7 Å². The fourth-order valence-corrected chi connectivity index (χ4v) is 7.46. The van der Waals surface area contributed by atoms with Gasteiger partial charge in [-0.25, -0.2) is 9.97 Å². The molecule has 4 heterocycles. The lowest BCUT2D eigenvalue weighted by Crippen LogP contribution is -2.16. The Balaban J connectivity index is 1.28. The molecule has 0 N–H and O–H groups in total. The van der Waals surface area contributed by atoms with Crippen LogP contribution in [-0.4, -0.2) is 14.5 Å². The lowest BCUT2D eigenvalue weighted by Gasteiger charge is -2.33. The molecule has 6 aromatic carbocycles. The maximum atomic E-state index is 5.00. The summed E-state index contributed by atoms with van der Waals surface area (Å²) in [6.07, 6.45) is 3.84. The molecule has 1 aliphatic rings. The molecular formula is C44H28N4. The zero-order valence-electron chi connectivity index (χ0n) is 26.0. The van der Waals surface area contributed by atoms with Crippen molar-refractivity contribution >= 4 is 49.8 Å². The lowest BCUT2D eigenvalue weighted by molar-refractivity contribution is 1.08. The standard InChI is InChI=1S/C44H28N4/c1-3-11-29(12-4-1)32-21-23-45-42(25-32)47-38-19-8-7-17-34(38)36-27-37-35-18-9-15-31-16-10-20-39(44(31)35)48(41(37)28-40(36)47)43-26-33(22-24-46-43)30-13-5-2-6-14-30/h1-28H. The molecule has 0 spiro atoms. The molecule has 9 aromatic rings. The summed E-state index contributed by atoms with van der Waals surface area (Å²) in [6.45, 7) is 0. The van der Waals surface area contributed by atoms with E-state index >= 15 is 0 Å². The predicted molar refractivity (Wildman–Crippen MR) is 198 cm³/mol. The SMILES string of the molecule is c1ccc(-c2ccnc(N3c4cc5c(cc4-c4cccc6cccc3c46)c3ccccc3n5-c3cc(-c4ccccc4)ccn3)c2)cc1. The van der Waals surface area contributed by atoms with Crippen LogP contribution in [0.15, 0.2) is 170 Å². The third-order valence-electron chi connectivity index (χ3n) is 9.61. The first-order valence-corrected chi connectivity index (χ1v) is 16.2. The molecule has 3 aromatic heterocycles. The third-order valence-corrected chi connectivity index (χ3v) is 9.61. The van der Waals surface area contributed by atoms with E-state index < -0.39 is 0 Å². The molecule has 0 saturated heterocycles. The molecule has 0 radical (unpaired) electrons. The van der Waals surface area contributed by atoms with E-state index in [1.807, 2.05) is 12.4 Å². The fraction of sp³-hybridized carbons (Fsp3) is 0. The number of pyridine rings is 2. The van der Waals surface area contributed by atoms with E-state index in [-0.39, 0.29) is 0 Å². The highest BCUT2D eigenvalue weighted by Gasteiger charge is 2.29. The number of benzene rings is 6. The summed E-state index contributed by atoms with van der Waals surface area (Å²) in [6, 6.07) is 56.2. The van der Waals surface area contributed by atoms with Crippen molar-refractivity contribution in [2.75, 3.05) is 4.90 Å². The van der Waals surface area contributed by atoms with Crippen molar-refractivity contribution in [2.24, 2.45) is 0 Å². The Kier molecular flexibility index (Phi) is 5.84. The number of hydrogen-bond donors (Lipinski definition) is 0. The Bertz CT molecular complexity index is 2670. The second kappa shape index (κ2) is 10.5. The lowest BCUT2D eigenvalue weighted by atomic mass is 9.90. The maximum absolute atomic E-state index is 5.00. The zero-order chi connectivity index (χ0) is 31.6. The van der Waals surface area contributed by atoms with Gasteiger partial charge < -0.3 is 0 Å². The van der Waals surface area contributed by atoms with E-state index in [1.165, 1.54) is 38.2 Å². The van der Waals surface area contributed by atoms with Gasteiger partial charge in [-0.15, -0.1) is 0 Å². The largest absolute Gasteiger partial charge is 0.294 e. The van der Waals surface area contributed by atoms with Crippen LogP contribution in [0.1, 0.15) is 0 Å². The summed E-state index contributed by atoms with van der Waals surface area (Å²) in [4.78, 5) is 12.3.